The molecule has 8 nitrogen and oxygen atoms in total. The minimum absolute atomic E-state index is 0.0450. The van der Waals surface area contributed by atoms with Gasteiger partial charge in [-0.15, -0.1) is 0 Å². The topological polar surface area (TPSA) is 119 Å². The zero-order chi connectivity index (χ0) is 14.0. The number of nitrogens with two attached hydrogens (primary N) is 1. The zero-order valence-corrected chi connectivity index (χ0v) is 11.5. The first-order chi connectivity index (χ1) is 8.94. The molecule has 0 atom stereocenters. The van der Waals surface area contributed by atoms with Gasteiger partial charge in [-0.2, -0.15) is 10.2 Å². The van der Waals surface area contributed by atoms with Crippen LogP contribution in [0, 0.1) is 6.92 Å². The van der Waals surface area contributed by atoms with Crippen LogP contribution in [-0.4, -0.2) is 28.4 Å². The van der Waals surface area contributed by atoms with Crippen molar-refractivity contribution in [3.05, 3.63) is 29.2 Å². The van der Waals surface area contributed by atoms with Crippen LogP contribution in [0.4, 0.5) is 0 Å². The van der Waals surface area contributed by atoms with E-state index in [-0.39, 0.29) is 18.1 Å². The van der Waals surface area contributed by atoms with E-state index in [0.29, 0.717) is 11.3 Å². The molecular weight excluding hydrogens is 268 g/mol. The van der Waals surface area contributed by atoms with Crippen molar-refractivity contribution in [2.24, 2.45) is 12.8 Å². The lowest BCUT2D eigenvalue weighted by atomic mass is 10.3. The maximum atomic E-state index is 12.1. The summed E-state index contributed by atoms with van der Waals surface area (Å²) < 4.78 is 28.3. The number of hydrogen-bond acceptors (Lipinski definition) is 5. The van der Waals surface area contributed by atoms with Gasteiger partial charge in [-0.1, -0.05) is 0 Å². The number of nitrogens with zero attached hydrogens (tertiary/aromatic N) is 3. The zero-order valence-electron chi connectivity index (χ0n) is 10.7. The van der Waals surface area contributed by atoms with E-state index >= 15 is 0 Å². The van der Waals surface area contributed by atoms with E-state index in [0.717, 1.165) is 5.56 Å². The highest BCUT2D eigenvalue weighted by Crippen LogP contribution is 2.15. The van der Waals surface area contributed by atoms with E-state index in [9.17, 15) is 8.42 Å². The normalized spacial score (nSPS) is 11.9. The van der Waals surface area contributed by atoms with Gasteiger partial charge < -0.3 is 5.73 Å². The molecule has 9 heteroatoms. The van der Waals surface area contributed by atoms with Gasteiger partial charge in [0.15, 0.2) is 5.03 Å². The van der Waals surface area contributed by atoms with Crippen molar-refractivity contribution in [1.29, 1.82) is 0 Å². The fourth-order valence-electron chi connectivity index (χ4n) is 1.70. The Labute approximate surface area is 111 Å². The maximum Gasteiger partial charge on any atom is 0.260 e. The number of H-pyrrole nitrogens is 1. The van der Waals surface area contributed by atoms with E-state index in [1.807, 2.05) is 0 Å². The Morgan fingerprint density at radius 3 is 2.84 bits per heavy atom. The molecule has 4 N–H and O–H groups in total. The van der Waals surface area contributed by atoms with Gasteiger partial charge in [0, 0.05) is 43.2 Å². The van der Waals surface area contributed by atoms with Gasteiger partial charge in [-0.3, -0.25) is 9.78 Å². The van der Waals surface area contributed by atoms with Crippen molar-refractivity contribution in [3.8, 4) is 0 Å². The molecule has 0 unspecified atom stereocenters. The van der Waals surface area contributed by atoms with Gasteiger partial charge in [0.2, 0.25) is 0 Å². The molecule has 2 aromatic rings. The fourth-order valence-corrected chi connectivity index (χ4v) is 2.92. The van der Waals surface area contributed by atoms with E-state index < -0.39 is 10.0 Å². The molecular formula is C10H16N6O2S. The highest BCUT2D eigenvalue weighted by atomic mass is 32.2. The van der Waals surface area contributed by atoms with Crippen LogP contribution in [0.15, 0.2) is 17.4 Å². The molecule has 0 radical (unpaired) electrons. The van der Waals surface area contributed by atoms with Gasteiger partial charge in [0.1, 0.15) is 0 Å². The third-order valence-corrected chi connectivity index (χ3v) is 4.09. The molecule has 0 aliphatic carbocycles. The first kappa shape index (κ1) is 13.7. The Bertz CT molecular complexity index is 672. The van der Waals surface area contributed by atoms with Crippen LogP contribution in [0.25, 0.3) is 0 Å². The average molecular weight is 284 g/mol. The summed E-state index contributed by atoms with van der Waals surface area (Å²) in [7, 11) is -1.92. The molecule has 0 aliphatic heterocycles. The summed E-state index contributed by atoms with van der Waals surface area (Å²) in [6, 6.07) is 0. The molecule has 2 aromatic heterocycles. The average Bonchev–Trinajstić information content (AvgIpc) is 2.93. The molecule has 19 heavy (non-hydrogen) atoms. The Balaban J connectivity index is 2.18. The molecule has 104 valence electrons. The Kier molecular flexibility index (Phi) is 3.69. The first-order valence-corrected chi connectivity index (χ1v) is 7.13. The van der Waals surface area contributed by atoms with E-state index in [1.54, 1.807) is 31.0 Å². The first-order valence-electron chi connectivity index (χ1n) is 5.65. The highest BCUT2D eigenvalue weighted by Gasteiger charge is 2.22. The molecule has 0 saturated heterocycles. The van der Waals surface area contributed by atoms with Crippen LogP contribution in [0.3, 0.4) is 0 Å². The van der Waals surface area contributed by atoms with Crippen LogP contribution in [0.2, 0.25) is 0 Å². The maximum absolute atomic E-state index is 12.1. The summed E-state index contributed by atoms with van der Waals surface area (Å²) in [4.78, 5) is 0. The molecule has 0 saturated carbocycles. The van der Waals surface area contributed by atoms with Crippen LogP contribution in [0.1, 0.15) is 16.8 Å². The van der Waals surface area contributed by atoms with Crippen molar-refractivity contribution < 1.29 is 8.42 Å². The molecule has 2 heterocycles. The molecule has 0 aromatic carbocycles. The molecule has 0 bridgehead atoms. The van der Waals surface area contributed by atoms with Gasteiger partial charge in [-0.25, -0.2) is 13.1 Å². The quantitative estimate of drug-likeness (QED) is 0.676. The lowest BCUT2D eigenvalue weighted by molar-refractivity contribution is 0.575. The van der Waals surface area contributed by atoms with Gasteiger partial charge in [0.25, 0.3) is 10.0 Å². The fraction of sp³-hybridized carbons (Fsp3) is 0.400. The predicted octanol–water partition coefficient (Wildman–Crippen LogP) is -0.611. The number of rotatable bonds is 5. The van der Waals surface area contributed by atoms with Gasteiger partial charge >= 0.3 is 0 Å². The van der Waals surface area contributed by atoms with Crippen LogP contribution in [-0.2, 0) is 30.2 Å². The Hall–Kier alpha value is -1.71. The highest BCUT2D eigenvalue weighted by molar-refractivity contribution is 7.89. The molecule has 0 aliphatic rings. The Morgan fingerprint density at radius 2 is 2.26 bits per heavy atom. The number of sulfonamides is 1. The van der Waals surface area contributed by atoms with Crippen molar-refractivity contribution in [2.45, 2.75) is 25.0 Å². The van der Waals surface area contributed by atoms with E-state index in [1.165, 1.54) is 0 Å². The van der Waals surface area contributed by atoms with Crippen molar-refractivity contribution in [3.63, 3.8) is 0 Å². The second kappa shape index (κ2) is 5.11. The third-order valence-electron chi connectivity index (χ3n) is 2.72. The van der Waals surface area contributed by atoms with Crippen LogP contribution >= 0.6 is 0 Å². The predicted molar refractivity (Wildman–Crippen MR) is 68.4 cm³/mol. The van der Waals surface area contributed by atoms with Crippen molar-refractivity contribution in [1.82, 2.24) is 24.7 Å². The summed E-state index contributed by atoms with van der Waals surface area (Å²) in [6.07, 6.45) is 3.34. The monoisotopic (exact) mass is 284 g/mol. The van der Waals surface area contributed by atoms with Gasteiger partial charge in [-0.05, 0) is 6.92 Å². The van der Waals surface area contributed by atoms with Gasteiger partial charge in [0.05, 0.1) is 6.20 Å². The lowest BCUT2D eigenvalue weighted by Crippen LogP contribution is -2.25. The molecule has 0 fully saturated rings. The lowest BCUT2D eigenvalue weighted by Gasteiger charge is -2.04. The minimum Gasteiger partial charge on any atom is -0.326 e. The number of nitrogens with one attached hydrogen (secondary N) is 2. The summed E-state index contributed by atoms with van der Waals surface area (Å²) in [5.41, 5.74) is 7.46. The summed E-state index contributed by atoms with van der Waals surface area (Å²) in [6.45, 7) is 2.01. The molecule has 0 amide bonds. The van der Waals surface area contributed by atoms with E-state index in [4.69, 9.17) is 5.73 Å². The number of hydrogen-bond donors (Lipinski definition) is 3. The summed E-state index contributed by atoms with van der Waals surface area (Å²) in [5.74, 6) is 0. The number of aryl methyl sites for hydroxylation is 2. The van der Waals surface area contributed by atoms with Crippen molar-refractivity contribution in [2.75, 3.05) is 0 Å². The van der Waals surface area contributed by atoms with E-state index in [2.05, 4.69) is 20.0 Å². The second-order valence-corrected chi connectivity index (χ2v) is 5.87. The standard InChI is InChI=1S/C10H16N6O2S/c1-7-9(3-11)10(15-14-7)19(17,18)13-5-8-4-12-16(2)6-8/h4,6,13H,3,5,11H2,1-2H3,(H,14,15). The molecule has 2 rings (SSSR count). The van der Waals surface area contributed by atoms with Crippen LogP contribution < -0.4 is 10.5 Å². The molecule has 0 spiro atoms. The SMILES string of the molecule is Cc1[nH]nc(S(=O)(=O)NCc2cnn(C)c2)c1CN. The number of aromatic nitrogens is 4. The summed E-state index contributed by atoms with van der Waals surface area (Å²) in [5, 5.41) is 10.4. The Morgan fingerprint density at radius 1 is 1.53 bits per heavy atom. The van der Waals surface area contributed by atoms with Crippen LogP contribution in [0.5, 0.6) is 0 Å². The minimum atomic E-state index is -3.68. The largest absolute Gasteiger partial charge is 0.326 e. The second-order valence-electron chi connectivity index (χ2n) is 4.18. The smallest absolute Gasteiger partial charge is 0.260 e. The third kappa shape index (κ3) is 2.83. The number of aromatic amines is 1. The summed E-state index contributed by atoms with van der Waals surface area (Å²) >= 11 is 0. The van der Waals surface area contributed by atoms with Crippen molar-refractivity contribution >= 4 is 10.0 Å².